The van der Waals surface area contributed by atoms with Gasteiger partial charge in [0.25, 0.3) is 0 Å². The summed E-state index contributed by atoms with van der Waals surface area (Å²) in [6, 6.07) is 8.40. The van der Waals surface area contributed by atoms with Crippen LogP contribution in [-0.2, 0) is 16.0 Å². The Morgan fingerprint density at radius 1 is 1.03 bits per heavy atom. The van der Waals surface area contributed by atoms with Crippen LogP contribution in [0.5, 0.6) is 0 Å². The van der Waals surface area contributed by atoms with Gasteiger partial charge < -0.3 is 15.7 Å². The van der Waals surface area contributed by atoms with E-state index >= 15 is 0 Å². The van der Waals surface area contributed by atoms with E-state index in [1.54, 1.807) is 0 Å². The molecule has 1 heterocycles. The number of anilines is 1. The molecule has 3 N–H and O–H groups in total. The molecule has 1 aliphatic rings. The Balaban J connectivity index is 0.000000592. The molecular formula is C23H35F3N2O3. The first kappa shape index (κ1) is 26.9. The van der Waals surface area contributed by atoms with E-state index in [0.717, 1.165) is 31.6 Å². The van der Waals surface area contributed by atoms with Crippen LogP contribution in [0.3, 0.4) is 0 Å². The minimum absolute atomic E-state index is 0.127. The van der Waals surface area contributed by atoms with Gasteiger partial charge in [-0.3, -0.25) is 4.79 Å². The van der Waals surface area contributed by atoms with Crippen LogP contribution in [0.15, 0.2) is 24.3 Å². The number of aryl methyl sites for hydroxylation is 1. The molecule has 8 heteroatoms. The number of unbranched alkanes of at least 4 members (excludes halogenated alkanes) is 7. The number of rotatable bonds is 11. The van der Waals surface area contributed by atoms with Crippen molar-refractivity contribution in [2.24, 2.45) is 5.92 Å². The monoisotopic (exact) mass is 444 g/mol. The van der Waals surface area contributed by atoms with Crippen molar-refractivity contribution in [2.45, 2.75) is 77.3 Å². The van der Waals surface area contributed by atoms with E-state index in [9.17, 15) is 18.0 Å². The molecule has 1 fully saturated rings. The lowest BCUT2D eigenvalue weighted by Gasteiger charge is -2.10. The number of carboxylic acids is 1. The Kier molecular flexibility index (Phi) is 12.9. The van der Waals surface area contributed by atoms with Gasteiger partial charge in [-0.25, -0.2) is 4.79 Å². The Hall–Kier alpha value is -2.09. The molecule has 176 valence electrons. The van der Waals surface area contributed by atoms with Crippen LogP contribution < -0.4 is 10.6 Å². The SMILES string of the molecule is CCCCCCCCCCc1ccc(NC(=O)[C@@H]2CCNC2)cc1.O=C(O)C(F)(F)F. The van der Waals surface area contributed by atoms with Crippen LogP contribution in [0.2, 0.25) is 0 Å². The van der Waals surface area contributed by atoms with Crippen molar-refractivity contribution >= 4 is 17.6 Å². The third kappa shape index (κ3) is 12.4. The predicted molar refractivity (Wildman–Crippen MR) is 116 cm³/mol. The maximum absolute atomic E-state index is 12.1. The smallest absolute Gasteiger partial charge is 0.475 e. The fraction of sp³-hybridized carbons (Fsp3) is 0.652. The quantitative estimate of drug-likeness (QED) is 0.391. The lowest BCUT2D eigenvalue weighted by atomic mass is 10.0. The highest BCUT2D eigenvalue weighted by atomic mass is 19.4. The van der Waals surface area contributed by atoms with E-state index in [2.05, 4.69) is 29.7 Å². The van der Waals surface area contributed by atoms with Gasteiger partial charge in [0, 0.05) is 12.2 Å². The topological polar surface area (TPSA) is 78.4 Å². The van der Waals surface area contributed by atoms with Gasteiger partial charge in [0.2, 0.25) is 5.91 Å². The second-order valence-electron chi connectivity index (χ2n) is 7.90. The van der Waals surface area contributed by atoms with Gasteiger partial charge in [-0.05, 0) is 43.5 Å². The summed E-state index contributed by atoms with van der Waals surface area (Å²) in [5.74, 6) is -2.48. The van der Waals surface area contributed by atoms with Gasteiger partial charge in [0.05, 0.1) is 5.92 Å². The second-order valence-corrected chi connectivity index (χ2v) is 7.90. The third-order valence-electron chi connectivity index (χ3n) is 5.21. The van der Waals surface area contributed by atoms with Gasteiger partial charge in [-0.1, -0.05) is 64.0 Å². The van der Waals surface area contributed by atoms with E-state index in [1.165, 1.54) is 56.9 Å². The Morgan fingerprint density at radius 3 is 2.06 bits per heavy atom. The van der Waals surface area contributed by atoms with Crippen LogP contribution in [0.4, 0.5) is 18.9 Å². The highest BCUT2D eigenvalue weighted by Crippen LogP contribution is 2.16. The molecule has 0 unspecified atom stereocenters. The first-order valence-electron chi connectivity index (χ1n) is 11.1. The minimum atomic E-state index is -5.08. The molecule has 31 heavy (non-hydrogen) atoms. The molecule has 1 atom stereocenters. The number of amides is 1. The normalized spacial score (nSPS) is 15.8. The van der Waals surface area contributed by atoms with Crippen molar-refractivity contribution in [2.75, 3.05) is 18.4 Å². The van der Waals surface area contributed by atoms with Gasteiger partial charge in [0.1, 0.15) is 0 Å². The summed E-state index contributed by atoms with van der Waals surface area (Å²) in [5.41, 5.74) is 2.30. The number of aliphatic carboxylic acids is 1. The summed E-state index contributed by atoms with van der Waals surface area (Å²) in [7, 11) is 0. The van der Waals surface area contributed by atoms with E-state index < -0.39 is 12.1 Å². The second kappa shape index (κ2) is 14.8. The molecule has 0 aromatic heterocycles. The molecule has 5 nitrogen and oxygen atoms in total. The molecule has 1 aromatic rings. The number of carbonyl (C=O) groups excluding carboxylic acids is 1. The number of hydrogen-bond acceptors (Lipinski definition) is 3. The van der Waals surface area contributed by atoms with Crippen molar-refractivity contribution in [3.05, 3.63) is 29.8 Å². The van der Waals surface area contributed by atoms with Crippen LogP contribution in [0.1, 0.15) is 70.3 Å². The molecule has 2 rings (SSSR count). The number of carboxylic acid groups (broad SMARTS) is 1. The molecule has 1 aromatic carbocycles. The number of halogens is 3. The standard InChI is InChI=1S/C21H34N2O.C2HF3O2/c1-2-3-4-5-6-7-8-9-10-18-11-13-20(14-12-18)23-21(24)19-15-16-22-17-19;3-2(4,5)1(6)7/h11-14,19,22H,2-10,15-17H2,1H3,(H,23,24);(H,6,7)/t19-;/m1./s1. The zero-order valence-corrected chi connectivity index (χ0v) is 18.3. The molecule has 1 amide bonds. The third-order valence-corrected chi connectivity index (χ3v) is 5.21. The average molecular weight is 445 g/mol. The molecule has 0 radical (unpaired) electrons. The molecule has 0 spiro atoms. The van der Waals surface area contributed by atoms with Crippen LogP contribution in [0.25, 0.3) is 0 Å². The van der Waals surface area contributed by atoms with E-state index in [0.29, 0.717) is 0 Å². The summed E-state index contributed by atoms with van der Waals surface area (Å²) in [6.45, 7) is 4.03. The summed E-state index contributed by atoms with van der Waals surface area (Å²) >= 11 is 0. The number of nitrogens with one attached hydrogen (secondary N) is 2. The van der Waals surface area contributed by atoms with Crippen molar-refractivity contribution in [1.29, 1.82) is 0 Å². The zero-order chi connectivity index (χ0) is 23.1. The lowest BCUT2D eigenvalue weighted by molar-refractivity contribution is -0.192. The predicted octanol–water partition coefficient (Wildman–Crippen LogP) is 5.55. The summed E-state index contributed by atoms with van der Waals surface area (Å²) in [6.07, 6.45) is 7.90. The average Bonchev–Trinajstić information content (AvgIpc) is 3.26. The Bertz CT molecular complexity index is 642. The van der Waals surface area contributed by atoms with Gasteiger partial charge >= 0.3 is 12.1 Å². The van der Waals surface area contributed by atoms with Crippen molar-refractivity contribution in [3.8, 4) is 0 Å². The van der Waals surface area contributed by atoms with Crippen molar-refractivity contribution < 1.29 is 27.9 Å². The maximum Gasteiger partial charge on any atom is 0.490 e. The summed E-state index contributed by atoms with van der Waals surface area (Å²) in [4.78, 5) is 21.0. The summed E-state index contributed by atoms with van der Waals surface area (Å²) < 4.78 is 31.7. The van der Waals surface area contributed by atoms with E-state index in [1.807, 2.05) is 12.1 Å². The van der Waals surface area contributed by atoms with Crippen LogP contribution in [-0.4, -0.2) is 36.2 Å². The van der Waals surface area contributed by atoms with E-state index in [4.69, 9.17) is 9.90 Å². The van der Waals surface area contributed by atoms with Crippen molar-refractivity contribution in [3.63, 3.8) is 0 Å². The van der Waals surface area contributed by atoms with Gasteiger partial charge in [-0.15, -0.1) is 0 Å². The fourth-order valence-electron chi connectivity index (χ4n) is 3.34. The van der Waals surface area contributed by atoms with Crippen LogP contribution in [0, 0.1) is 5.92 Å². The lowest BCUT2D eigenvalue weighted by Crippen LogP contribution is -2.24. The number of benzene rings is 1. The highest BCUT2D eigenvalue weighted by molar-refractivity contribution is 5.92. The van der Waals surface area contributed by atoms with E-state index in [-0.39, 0.29) is 11.8 Å². The molecule has 1 saturated heterocycles. The van der Waals surface area contributed by atoms with Gasteiger partial charge in [0.15, 0.2) is 0 Å². The van der Waals surface area contributed by atoms with Gasteiger partial charge in [-0.2, -0.15) is 13.2 Å². The number of alkyl halides is 3. The molecule has 1 aliphatic heterocycles. The minimum Gasteiger partial charge on any atom is -0.475 e. The first-order chi connectivity index (χ1) is 14.7. The largest absolute Gasteiger partial charge is 0.490 e. The summed E-state index contributed by atoms with van der Waals surface area (Å²) in [5, 5.41) is 13.4. The first-order valence-corrected chi connectivity index (χ1v) is 11.1. The Morgan fingerprint density at radius 2 is 1.58 bits per heavy atom. The number of carbonyl (C=O) groups is 2. The molecule has 0 aliphatic carbocycles. The Labute approximate surface area is 182 Å². The van der Waals surface area contributed by atoms with Crippen LogP contribution >= 0.6 is 0 Å². The zero-order valence-electron chi connectivity index (χ0n) is 18.3. The highest BCUT2D eigenvalue weighted by Gasteiger charge is 2.38. The van der Waals surface area contributed by atoms with Crippen molar-refractivity contribution in [1.82, 2.24) is 5.32 Å². The maximum atomic E-state index is 12.1. The molecular weight excluding hydrogens is 409 g/mol. The number of hydrogen-bond donors (Lipinski definition) is 3. The fourth-order valence-corrected chi connectivity index (χ4v) is 3.34. The molecule has 0 bridgehead atoms. The molecule has 0 saturated carbocycles.